The van der Waals surface area contributed by atoms with Crippen LogP contribution in [0, 0.1) is 11.8 Å². The van der Waals surface area contributed by atoms with Crippen molar-refractivity contribution in [3.8, 4) is 0 Å². The predicted molar refractivity (Wildman–Crippen MR) is 55.0 cm³/mol. The summed E-state index contributed by atoms with van der Waals surface area (Å²) in [7, 11) is 0. The van der Waals surface area contributed by atoms with Crippen molar-refractivity contribution >= 4 is 0 Å². The molecule has 0 aromatic rings. The van der Waals surface area contributed by atoms with Gasteiger partial charge in [0.05, 0.1) is 0 Å². The summed E-state index contributed by atoms with van der Waals surface area (Å²) >= 11 is 0. The molecule has 1 atom stereocenters. The van der Waals surface area contributed by atoms with Crippen molar-refractivity contribution in [2.24, 2.45) is 5.92 Å². The van der Waals surface area contributed by atoms with Crippen molar-refractivity contribution in [3.05, 3.63) is 5.92 Å². The molecular formula is C12H23. The van der Waals surface area contributed by atoms with E-state index < -0.39 is 0 Å². The molecule has 1 aliphatic rings. The van der Waals surface area contributed by atoms with Crippen molar-refractivity contribution in [1.82, 2.24) is 0 Å². The minimum atomic E-state index is 0.991. The van der Waals surface area contributed by atoms with Gasteiger partial charge in [0.2, 0.25) is 0 Å². The van der Waals surface area contributed by atoms with Gasteiger partial charge >= 0.3 is 0 Å². The normalized spacial score (nSPS) is 26.0. The van der Waals surface area contributed by atoms with Gasteiger partial charge in [-0.05, 0) is 31.1 Å². The van der Waals surface area contributed by atoms with Crippen LogP contribution in [-0.2, 0) is 0 Å². The van der Waals surface area contributed by atoms with Gasteiger partial charge in [-0.1, -0.05) is 46.0 Å². The molecule has 1 unspecified atom stereocenters. The van der Waals surface area contributed by atoms with Crippen LogP contribution in [0.3, 0.4) is 0 Å². The highest BCUT2D eigenvalue weighted by Crippen LogP contribution is 2.34. The van der Waals surface area contributed by atoms with Gasteiger partial charge in [-0.3, -0.25) is 0 Å². The summed E-state index contributed by atoms with van der Waals surface area (Å²) in [5.41, 5.74) is 0. The number of hydrogen-bond acceptors (Lipinski definition) is 0. The lowest BCUT2D eigenvalue weighted by molar-refractivity contribution is 0.363. The quantitative estimate of drug-likeness (QED) is 0.546. The summed E-state index contributed by atoms with van der Waals surface area (Å²) in [5, 5.41) is 0. The standard InChI is InChI=1S/C12H23/c1-3-4-5-9-12-10-7-6-8-11(12)2/h12H,3-10H2,1-2H3. The fraction of sp³-hybridized carbons (Fsp3) is 0.917. The van der Waals surface area contributed by atoms with E-state index in [1.54, 1.807) is 5.92 Å². The lowest BCUT2D eigenvalue weighted by Crippen LogP contribution is -2.14. The molecule has 0 N–H and O–H groups in total. The molecule has 1 saturated carbocycles. The monoisotopic (exact) mass is 167 g/mol. The van der Waals surface area contributed by atoms with Crippen LogP contribution in [-0.4, -0.2) is 0 Å². The highest BCUT2D eigenvalue weighted by atomic mass is 14.3. The molecular weight excluding hydrogens is 144 g/mol. The molecule has 0 aliphatic heterocycles. The van der Waals surface area contributed by atoms with E-state index in [0.717, 1.165) is 5.92 Å². The first-order chi connectivity index (χ1) is 5.84. The summed E-state index contributed by atoms with van der Waals surface area (Å²) in [4.78, 5) is 0. The summed E-state index contributed by atoms with van der Waals surface area (Å²) < 4.78 is 0. The highest BCUT2D eigenvalue weighted by Gasteiger charge is 2.20. The second kappa shape index (κ2) is 5.61. The molecule has 1 fully saturated rings. The minimum absolute atomic E-state index is 0.991. The molecule has 0 saturated heterocycles. The summed E-state index contributed by atoms with van der Waals surface area (Å²) in [6.45, 7) is 4.66. The smallest absolute Gasteiger partial charge is 0.0241 e. The first kappa shape index (κ1) is 10.1. The zero-order valence-electron chi connectivity index (χ0n) is 8.73. The molecule has 1 rings (SSSR count). The van der Waals surface area contributed by atoms with Crippen LogP contribution in [0.15, 0.2) is 0 Å². The summed E-state index contributed by atoms with van der Waals surface area (Å²) in [5.74, 6) is 2.78. The first-order valence-corrected chi connectivity index (χ1v) is 5.67. The maximum atomic E-state index is 2.37. The topological polar surface area (TPSA) is 0 Å². The Morgan fingerprint density at radius 3 is 2.75 bits per heavy atom. The Morgan fingerprint density at radius 2 is 2.08 bits per heavy atom. The second-order valence-corrected chi connectivity index (χ2v) is 4.28. The van der Waals surface area contributed by atoms with E-state index in [2.05, 4.69) is 13.8 Å². The maximum Gasteiger partial charge on any atom is -0.0241 e. The van der Waals surface area contributed by atoms with E-state index in [1.807, 2.05) is 0 Å². The second-order valence-electron chi connectivity index (χ2n) is 4.28. The third-order valence-corrected chi connectivity index (χ3v) is 3.23. The van der Waals surface area contributed by atoms with Gasteiger partial charge in [0.25, 0.3) is 0 Å². The number of rotatable bonds is 4. The summed E-state index contributed by atoms with van der Waals surface area (Å²) in [6.07, 6.45) is 11.6. The fourth-order valence-corrected chi connectivity index (χ4v) is 2.28. The molecule has 12 heavy (non-hydrogen) atoms. The van der Waals surface area contributed by atoms with E-state index in [0.29, 0.717) is 0 Å². The zero-order valence-corrected chi connectivity index (χ0v) is 8.73. The molecule has 0 aromatic heterocycles. The SMILES string of the molecule is CCCCCC1CCCC[C]1C. The highest BCUT2D eigenvalue weighted by molar-refractivity contribution is 4.94. The van der Waals surface area contributed by atoms with Gasteiger partial charge in [0.15, 0.2) is 0 Å². The van der Waals surface area contributed by atoms with E-state index in [4.69, 9.17) is 0 Å². The molecule has 0 nitrogen and oxygen atoms in total. The number of hydrogen-bond donors (Lipinski definition) is 0. The van der Waals surface area contributed by atoms with E-state index in [1.165, 1.54) is 51.4 Å². The Balaban J connectivity index is 2.11. The molecule has 0 heteroatoms. The van der Waals surface area contributed by atoms with Crippen LogP contribution in [0.4, 0.5) is 0 Å². The zero-order chi connectivity index (χ0) is 8.81. The Labute approximate surface area is 77.7 Å². The van der Waals surface area contributed by atoms with Crippen molar-refractivity contribution in [1.29, 1.82) is 0 Å². The van der Waals surface area contributed by atoms with Crippen LogP contribution in [0.25, 0.3) is 0 Å². The molecule has 0 spiro atoms. The first-order valence-electron chi connectivity index (χ1n) is 5.67. The number of unbranched alkanes of at least 4 members (excludes halogenated alkanes) is 2. The van der Waals surface area contributed by atoms with Crippen molar-refractivity contribution in [2.75, 3.05) is 0 Å². The lowest BCUT2D eigenvalue weighted by Gasteiger charge is -2.28. The van der Waals surface area contributed by atoms with Crippen LogP contribution < -0.4 is 0 Å². The van der Waals surface area contributed by atoms with Gasteiger partial charge < -0.3 is 0 Å². The lowest BCUT2D eigenvalue weighted by atomic mass is 9.78. The largest absolute Gasteiger partial charge is 0.0654 e. The van der Waals surface area contributed by atoms with Crippen LogP contribution in [0.2, 0.25) is 0 Å². The van der Waals surface area contributed by atoms with Gasteiger partial charge in [0.1, 0.15) is 0 Å². The molecule has 1 aliphatic carbocycles. The molecule has 0 bridgehead atoms. The third-order valence-electron chi connectivity index (χ3n) is 3.23. The maximum absolute atomic E-state index is 2.37. The molecule has 71 valence electrons. The van der Waals surface area contributed by atoms with E-state index >= 15 is 0 Å². The van der Waals surface area contributed by atoms with Crippen molar-refractivity contribution in [3.63, 3.8) is 0 Å². The molecule has 0 heterocycles. The Bertz CT molecular complexity index is 107. The van der Waals surface area contributed by atoms with Gasteiger partial charge in [-0.15, -0.1) is 0 Å². The summed E-state index contributed by atoms with van der Waals surface area (Å²) in [6, 6.07) is 0. The average molecular weight is 167 g/mol. The Kier molecular flexibility index (Phi) is 4.72. The van der Waals surface area contributed by atoms with E-state index in [9.17, 15) is 0 Å². The third kappa shape index (κ3) is 3.16. The van der Waals surface area contributed by atoms with Crippen molar-refractivity contribution in [2.45, 2.75) is 65.2 Å². The van der Waals surface area contributed by atoms with Gasteiger partial charge in [-0.2, -0.15) is 0 Å². The van der Waals surface area contributed by atoms with Crippen LogP contribution in [0.1, 0.15) is 65.2 Å². The fourth-order valence-electron chi connectivity index (χ4n) is 2.28. The minimum Gasteiger partial charge on any atom is -0.0654 e. The van der Waals surface area contributed by atoms with Gasteiger partial charge in [-0.25, -0.2) is 0 Å². The molecule has 0 aromatic carbocycles. The van der Waals surface area contributed by atoms with Gasteiger partial charge in [0, 0.05) is 0 Å². The van der Waals surface area contributed by atoms with E-state index in [-0.39, 0.29) is 0 Å². The Morgan fingerprint density at radius 1 is 1.25 bits per heavy atom. The molecule has 1 radical (unpaired) electrons. The Hall–Kier alpha value is 0. The predicted octanol–water partition coefficient (Wildman–Crippen LogP) is 4.35. The average Bonchev–Trinajstić information content (AvgIpc) is 2.09. The van der Waals surface area contributed by atoms with Crippen LogP contribution in [0.5, 0.6) is 0 Å². The van der Waals surface area contributed by atoms with Crippen molar-refractivity contribution < 1.29 is 0 Å². The molecule has 0 amide bonds. The van der Waals surface area contributed by atoms with Crippen LogP contribution >= 0.6 is 0 Å².